The van der Waals surface area contributed by atoms with Crippen molar-refractivity contribution >= 4 is 35.4 Å². The summed E-state index contributed by atoms with van der Waals surface area (Å²) in [4.78, 5) is 37.4. The minimum Gasteiger partial charge on any atom is -0.351 e. The highest BCUT2D eigenvalue weighted by Gasteiger charge is 2.26. The monoisotopic (exact) mass is 469 g/mol. The Balaban J connectivity index is 1.39. The lowest BCUT2D eigenvalue weighted by Gasteiger charge is -2.20. The lowest BCUT2D eigenvalue weighted by atomic mass is 10.1. The van der Waals surface area contributed by atoms with Crippen LogP contribution in [0.5, 0.6) is 0 Å². The normalized spacial score (nSPS) is 17.7. The minimum absolute atomic E-state index is 0.0422. The summed E-state index contributed by atoms with van der Waals surface area (Å²) in [5, 5.41) is 13.7. The van der Waals surface area contributed by atoms with Crippen molar-refractivity contribution in [2.45, 2.75) is 37.9 Å². The van der Waals surface area contributed by atoms with E-state index >= 15 is 0 Å². The van der Waals surface area contributed by atoms with Crippen LogP contribution in [0.3, 0.4) is 0 Å². The summed E-state index contributed by atoms with van der Waals surface area (Å²) >= 11 is 0. The Labute approximate surface area is 200 Å². The molecule has 11 heteroatoms. The second-order valence-corrected chi connectivity index (χ2v) is 8.72. The van der Waals surface area contributed by atoms with Gasteiger partial charge in [0.15, 0.2) is 5.65 Å². The average molecular weight is 470 g/mol. The summed E-state index contributed by atoms with van der Waals surface area (Å²) in [5.74, 6) is 0.311. The number of amides is 2. The van der Waals surface area contributed by atoms with Crippen LogP contribution < -0.4 is 16.0 Å². The van der Waals surface area contributed by atoms with Gasteiger partial charge in [-0.3, -0.25) is 14.9 Å². The fraction of sp³-hybridized carbons (Fsp3) is 0.250. The van der Waals surface area contributed by atoms with Crippen LogP contribution in [0.2, 0.25) is 0 Å². The molecule has 2 fully saturated rings. The third kappa shape index (κ3) is 4.47. The Morgan fingerprint density at radius 3 is 2.74 bits per heavy atom. The van der Waals surface area contributed by atoms with Gasteiger partial charge in [-0.2, -0.15) is 19.6 Å². The number of benzene rings is 1. The van der Waals surface area contributed by atoms with Crippen molar-refractivity contribution in [3.8, 4) is 0 Å². The van der Waals surface area contributed by atoms with E-state index in [9.17, 15) is 9.59 Å². The average Bonchev–Trinajstić information content (AvgIpc) is 3.21. The molecule has 1 aliphatic carbocycles. The molecule has 2 aliphatic rings. The number of aromatic nitrogens is 6. The molecule has 0 spiro atoms. The fourth-order valence-electron chi connectivity index (χ4n) is 4.05. The van der Waals surface area contributed by atoms with Gasteiger partial charge in [-0.1, -0.05) is 30.3 Å². The number of hydrogen-bond donors (Lipinski definition) is 3. The molecule has 1 saturated carbocycles. The molecule has 0 radical (unpaired) electrons. The predicted molar refractivity (Wildman–Crippen MR) is 128 cm³/mol. The van der Waals surface area contributed by atoms with Crippen molar-refractivity contribution in [3.63, 3.8) is 0 Å². The van der Waals surface area contributed by atoms with E-state index in [-0.39, 0.29) is 24.3 Å². The van der Waals surface area contributed by atoms with Crippen LogP contribution in [0, 0.1) is 0 Å². The van der Waals surface area contributed by atoms with Crippen LogP contribution in [0.1, 0.15) is 36.4 Å². The first-order valence-corrected chi connectivity index (χ1v) is 11.5. The lowest BCUT2D eigenvalue weighted by Crippen LogP contribution is -2.20. The van der Waals surface area contributed by atoms with Crippen LogP contribution in [0.25, 0.3) is 11.7 Å². The zero-order chi connectivity index (χ0) is 23.8. The third-order valence-electron chi connectivity index (χ3n) is 5.99. The van der Waals surface area contributed by atoms with Gasteiger partial charge in [-0.05, 0) is 24.5 Å². The van der Waals surface area contributed by atoms with E-state index in [2.05, 4.69) is 38.2 Å². The van der Waals surface area contributed by atoms with Crippen LogP contribution >= 0.6 is 0 Å². The highest BCUT2D eigenvalue weighted by Crippen LogP contribution is 2.27. The van der Waals surface area contributed by atoms with Gasteiger partial charge in [0.1, 0.15) is 0 Å². The second-order valence-electron chi connectivity index (χ2n) is 8.72. The number of carbonyl (C=O) groups is 2. The minimum atomic E-state index is -0.387. The van der Waals surface area contributed by atoms with E-state index in [4.69, 9.17) is 9.97 Å². The first-order valence-electron chi connectivity index (χ1n) is 11.5. The maximum absolute atomic E-state index is 12.1. The van der Waals surface area contributed by atoms with Gasteiger partial charge in [-0.25, -0.2) is 4.98 Å². The number of carbonyl (C=O) groups excluding carboxylic acids is 2. The summed E-state index contributed by atoms with van der Waals surface area (Å²) in [6.45, 7) is 0.627. The zero-order valence-electron chi connectivity index (χ0n) is 18.8. The number of fused-ring (bicyclic) bond motifs is 1. The number of hydrogen-bond acceptors (Lipinski definition) is 8. The van der Waals surface area contributed by atoms with E-state index in [1.54, 1.807) is 29.3 Å². The maximum Gasteiger partial charge on any atom is 0.254 e. The summed E-state index contributed by atoms with van der Waals surface area (Å²) in [6, 6.07) is 10.3. The number of anilines is 2. The molecule has 3 aromatic heterocycles. The Hall–Kier alpha value is -4.54. The maximum atomic E-state index is 12.1. The highest BCUT2D eigenvalue weighted by atomic mass is 16.2. The molecule has 6 rings (SSSR count). The molecular formula is C24H23N9O2. The predicted octanol–water partition coefficient (Wildman–Crippen LogP) is 2.18. The van der Waals surface area contributed by atoms with Gasteiger partial charge in [0.25, 0.3) is 5.91 Å². The quantitative estimate of drug-likeness (QED) is 0.264. The van der Waals surface area contributed by atoms with E-state index in [0.29, 0.717) is 41.3 Å². The Morgan fingerprint density at radius 2 is 2.03 bits per heavy atom. The third-order valence-corrected chi connectivity index (χ3v) is 5.99. The van der Waals surface area contributed by atoms with Crippen LogP contribution in [0.4, 0.5) is 11.9 Å². The van der Waals surface area contributed by atoms with Crippen molar-refractivity contribution in [1.29, 1.82) is 0 Å². The van der Waals surface area contributed by atoms with Crippen molar-refractivity contribution in [3.05, 3.63) is 71.9 Å². The largest absolute Gasteiger partial charge is 0.351 e. The van der Waals surface area contributed by atoms with Crippen molar-refractivity contribution < 1.29 is 9.59 Å². The SMILES string of the molecule is O=C1C/C(=C\c2cnn3c(NC4CC4)nc(NC(Cn4ccnc4)c4ccccc4)nc23)C(=O)N1. The smallest absolute Gasteiger partial charge is 0.254 e. The van der Waals surface area contributed by atoms with Gasteiger partial charge in [0.05, 0.1) is 25.0 Å². The molecule has 2 amide bonds. The van der Waals surface area contributed by atoms with Gasteiger partial charge in [0.2, 0.25) is 17.8 Å². The van der Waals surface area contributed by atoms with Crippen LogP contribution in [0.15, 0.2) is 60.8 Å². The second kappa shape index (κ2) is 8.67. The number of imide groups is 1. The van der Waals surface area contributed by atoms with Gasteiger partial charge in [0, 0.05) is 36.1 Å². The number of imidazole rings is 1. The van der Waals surface area contributed by atoms with E-state index in [1.807, 2.05) is 29.0 Å². The van der Waals surface area contributed by atoms with Crippen molar-refractivity contribution in [1.82, 2.24) is 34.4 Å². The standard InChI is InChI=1S/C24H23N9O2/c34-20-11-16(22(35)29-20)10-17-12-26-33-21(17)30-23(31-24(33)27-18-6-7-18)28-19(13-32-9-8-25-14-32)15-4-2-1-3-5-15/h1-5,8-10,12,14,18-19H,6-7,11,13H2,(H,29,34,35)(H2,27,28,30,31)/b16-10+. The van der Waals surface area contributed by atoms with Crippen molar-refractivity contribution in [2.24, 2.45) is 0 Å². The molecule has 1 atom stereocenters. The Kier molecular flexibility index (Phi) is 5.21. The molecule has 11 nitrogen and oxygen atoms in total. The lowest BCUT2D eigenvalue weighted by molar-refractivity contribution is -0.124. The number of nitrogens with one attached hydrogen (secondary N) is 3. The molecule has 1 unspecified atom stereocenters. The topological polar surface area (TPSA) is 131 Å². The first kappa shape index (κ1) is 21.0. The number of rotatable bonds is 8. The molecule has 1 aromatic carbocycles. The molecule has 176 valence electrons. The molecule has 4 aromatic rings. The van der Waals surface area contributed by atoms with E-state index < -0.39 is 0 Å². The van der Waals surface area contributed by atoms with E-state index in [1.165, 1.54) is 0 Å². The van der Waals surface area contributed by atoms with Gasteiger partial charge >= 0.3 is 0 Å². The zero-order valence-corrected chi connectivity index (χ0v) is 18.8. The van der Waals surface area contributed by atoms with Crippen molar-refractivity contribution in [2.75, 3.05) is 10.6 Å². The molecule has 1 saturated heterocycles. The summed E-state index contributed by atoms with van der Waals surface area (Å²) in [5.41, 5.74) is 2.65. The fourth-order valence-corrected chi connectivity index (χ4v) is 4.05. The Morgan fingerprint density at radius 1 is 1.17 bits per heavy atom. The molecule has 0 bridgehead atoms. The first-order chi connectivity index (χ1) is 17.1. The van der Waals surface area contributed by atoms with Gasteiger partial charge in [-0.15, -0.1) is 0 Å². The van der Waals surface area contributed by atoms with E-state index in [0.717, 1.165) is 18.4 Å². The molecular weight excluding hydrogens is 446 g/mol. The Bertz CT molecular complexity index is 1420. The molecule has 4 heterocycles. The summed E-state index contributed by atoms with van der Waals surface area (Å²) in [6.07, 6.45) is 10.9. The summed E-state index contributed by atoms with van der Waals surface area (Å²) < 4.78 is 3.63. The summed E-state index contributed by atoms with van der Waals surface area (Å²) in [7, 11) is 0. The van der Waals surface area contributed by atoms with Crippen LogP contribution in [-0.2, 0) is 16.1 Å². The highest BCUT2D eigenvalue weighted by molar-refractivity contribution is 6.15. The van der Waals surface area contributed by atoms with Crippen LogP contribution in [-0.4, -0.2) is 47.0 Å². The molecule has 35 heavy (non-hydrogen) atoms. The molecule has 3 N–H and O–H groups in total. The number of nitrogens with zero attached hydrogens (tertiary/aromatic N) is 6. The molecule has 1 aliphatic heterocycles. The van der Waals surface area contributed by atoms with Gasteiger partial charge < -0.3 is 15.2 Å².